The van der Waals surface area contributed by atoms with Gasteiger partial charge in [0.05, 0.1) is 34.9 Å². The fourth-order valence-electron chi connectivity index (χ4n) is 2.58. The first-order valence-electron chi connectivity index (χ1n) is 6.66. The predicted octanol–water partition coefficient (Wildman–Crippen LogP) is 1.89. The Bertz CT molecular complexity index is 878. The maximum Gasteiger partial charge on any atom is 0.201 e. The second-order valence-electron chi connectivity index (χ2n) is 5.14. The van der Waals surface area contributed by atoms with E-state index in [1.807, 2.05) is 42.3 Å². The number of rotatable bonds is 2. The molecule has 2 N–H and O–H groups in total. The van der Waals surface area contributed by atoms with Crippen LogP contribution in [0.2, 0.25) is 0 Å². The van der Waals surface area contributed by atoms with E-state index in [2.05, 4.69) is 16.2 Å². The van der Waals surface area contributed by atoms with E-state index in [1.54, 1.807) is 6.07 Å². The second-order valence-corrected chi connectivity index (χ2v) is 5.14. The standard InChI is InChI=1S/C15H16N6/c1-9-12(10(2)20(3)19-9)8-21-14-6-11(7-16)4-5-13(14)18-15(21)17/h4-6H,8H2,1-3H3,(H2,17,18). The summed E-state index contributed by atoms with van der Waals surface area (Å²) in [5.74, 6) is 0.447. The van der Waals surface area contributed by atoms with Gasteiger partial charge in [-0.2, -0.15) is 10.4 Å². The molecule has 0 amide bonds. The quantitative estimate of drug-likeness (QED) is 0.776. The summed E-state index contributed by atoms with van der Waals surface area (Å²) in [6, 6.07) is 7.54. The van der Waals surface area contributed by atoms with Gasteiger partial charge in [-0.25, -0.2) is 4.98 Å². The van der Waals surface area contributed by atoms with Gasteiger partial charge >= 0.3 is 0 Å². The Kier molecular flexibility index (Phi) is 2.91. The molecule has 0 spiro atoms. The van der Waals surface area contributed by atoms with Crippen LogP contribution in [-0.4, -0.2) is 19.3 Å². The molecule has 3 aromatic rings. The van der Waals surface area contributed by atoms with E-state index in [0.717, 1.165) is 28.0 Å². The number of anilines is 1. The van der Waals surface area contributed by atoms with Gasteiger partial charge in [0.2, 0.25) is 5.95 Å². The van der Waals surface area contributed by atoms with E-state index in [1.165, 1.54) is 0 Å². The number of nitrogens with zero attached hydrogens (tertiary/aromatic N) is 5. The second kappa shape index (κ2) is 4.63. The smallest absolute Gasteiger partial charge is 0.201 e. The molecule has 21 heavy (non-hydrogen) atoms. The summed E-state index contributed by atoms with van der Waals surface area (Å²) in [7, 11) is 1.93. The molecule has 0 saturated heterocycles. The van der Waals surface area contributed by atoms with Crippen LogP contribution in [0.5, 0.6) is 0 Å². The maximum absolute atomic E-state index is 9.05. The first-order chi connectivity index (χ1) is 10.0. The number of hydrogen-bond acceptors (Lipinski definition) is 4. The van der Waals surface area contributed by atoms with Crippen molar-refractivity contribution in [2.75, 3.05) is 5.73 Å². The highest BCUT2D eigenvalue weighted by molar-refractivity contribution is 5.80. The summed E-state index contributed by atoms with van der Waals surface area (Å²) in [5.41, 5.74) is 11.5. The molecule has 0 saturated carbocycles. The van der Waals surface area contributed by atoms with E-state index in [0.29, 0.717) is 18.1 Å². The van der Waals surface area contributed by atoms with Crippen molar-refractivity contribution in [2.45, 2.75) is 20.4 Å². The molecular weight excluding hydrogens is 264 g/mol. The number of imidazole rings is 1. The minimum absolute atomic E-state index is 0.447. The Morgan fingerprint density at radius 2 is 2.10 bits per heavy atom. The van der Waals surface area contributed by atoms with Crippen LogP contribution in [-0.2, 0) is 13.6 Å². The molecule has 0 aliphatic carbocycles. The maximum atomic E-state index is 9.05. The highest BCUT2D eigenvalue weighted by atomic mass is 15.3. The Balaban J connectivity index is 2.16. The Labute approximate surface area is 122 Å². The number of benzene rings is 1. The van der Waals surface area contributed by atoms with Crippen molar-refractivity contribution in [2.24, 2.45) is 7.05 Å². The fourth-order valence-corrected chi connectivity index (χ4v) is 2.58. The van der Waals surface area contributed by atoms with Crippen molar-refractivity contribution >= 4 is 17.0 Å². The topological polar surface area (TPSA) is 85.4 Å². The van der Waals surface area contributed by atoms with Gasteiger partial charge in [-0.1, -0.05) is 0 Å². The van der Waals surface area contributed by atoms with Gasteiger partial charge in [0.25, 0.3) is 0 Å². The minimum atomic E-state index is 0.447. The molecule has 0 bridgehead atoms. The zero-order valence-corrected chi connectivity index (χ0v) is 12.3. The number of fused-ring (bicyclic) bond motifs is 1. The van der Waals surface area contributed by atoms with E-state index >= 15 is 0 Å². The SMILES string of the molecule is Cc1nn(C)c(C)c1Cn1c(N)nc2ccc(C#N)cc21. The molecule has 3 rings (SSSR count). The van der Waals surface area contributed by atoms with Crippen LogP contribution in [0.4, 0.5) is 5.95 Å². The van der Waals surface area contributed by atoms with Crippen molar-refractivity contribution in [1.82, 2.24) is 19.3 Å². The Hall–Kier alpha value is -2.81. The average molecular weight is 280 g/mol. The van der Waals surface area contributed by atoms with Crippen LogP contribution in [0, 0.1) is 25.2 Å². The lowest BCUT2D eigenvalue weighted by Gasteiger charge is -2.07. The number of hydrogen-bond donors (Lipinski definition) is 1. The number of nitriles is 1. The zero-order valence-electron chi connectivity index (χ0n) is 12.3. The summed E-state index contributed by atoms with van der Waals surface area (Å²) in [6.07, 6.45) is 0. The third-order valence-electron chi connectivity index (χ3n) is 3.88. The van der Waals surface area contributed by atoms with E-state index < -0.39 is 0 Å². The third kappa shape index (κ3) is 2.03. The number of nitrogen functional groups attached to an aromatic ring is 1. The normalized spacial score (nSPS) is 11.0. The summed E-state index contributed by atoms with van der Waals surface area (Å²) in [4.78, 5) is 4.35. The Morgan fingerprint density at radius 1 is 1.33 bits per heavy atom. The lowest BCUT2D eigenvalue weighted by atomic mass is 10.2. The summed E-state index contributed by atoms with van der Waals surface area (Å²) in [6.45, 7) is 4.62. The van der Waals surface area contributed by atoms with Crippen LogP contribution in [0.3, 0.4) is 0 Å². The molecule has 0 fully saturated rings. The van der Waals surface area contributed by atoms with Crippen LogP contribution in [0.15, 0.2) is 18.2 Å². The van der Waals surface area contributed by atoms with Crippen LogP contribution in [0.25, 0.3) is 11.0 Å². The van der Waals surface area contributed by atoms with Crippen molar-refractivity contribution < 1.29 is 0 Å². The average Bonchev–Trinajstić information content (AvgIpc) is 2.89. The van der Waals surface area contributed by atoms with Gasteiger partial charge < -0.3 is 10.3 Å². The molecule has 6 nitrogen and oxygen atoms in total. The zero-order chi connectivity index (χ0) is 15.1. The predicted molar refractivity (Wildman–Crippen MR) is 80.6 cm³/mol. The summed E-state index contributed by atoms with van der Waals surface area (Å²) in [5, 5.41) is 13.5. The van der Waals surface area contributed by atoms with Crippen LogP contribution >= 0.6 is 0 Å². The number of nitrogens with two attached hydrogens (primary N) is 1. The van der Waals surface area contributed by atoms with E-state index in [-0.39, 0.29) is 0 Å². The molecule has 0 unspecified atom stereocenters. The van der Waals surface area contributed by atoms with Crippen LogP contribution in [0.1, 0.15) is 22.5 Å². The molecule has 106 valence electrons. The lowest BCUT2D eigenvalue weighted by molar-refractivity contribution is 0.728. The summed E-state index contributed by atoms with van der Waals surface area (Å²) >= 11 is 0. The first-order valence-corrected chi connectivity index (χ1v) is 6.66. The minimum Gasteiger partial charge on any atom is -0.369 e. The van der Waals surface area contributed by atoms with Gasteiger partial charge in [0, 0.05) is 18.3 Å². The largest absolute Gasteiger partial charge is 0.369 e. The van der Waals surface area contributed by atoms with Crippen molar-refractivity contribution in [3.8, 4) is 6.07 Å². The van der Waals surface area contributed by atoms with Gasteiger partial charge in [-0.3, -0.25) is 4.68 Å². The fraction of sp³-hybridized carbons (Fsp3) is 0.267. The van der Waals surface area contributed by atoms with E-state index in [4.69, 9.17) is 11.0 Å². The van der Waals surface area contributed by atoms with Gasteiger partial charge in [-0.05, 0) is 32.0 Å². The van der Waals surface area contributed by atoms with Gasteiger partial charge in [0.1, 0.15) is 0 Å². The molecular formula is C15H16N6. The van der Waals surface area contributed by atoms with Crippen LogP contribution < -0.4 is 5.73 Å². The van der Waals surface area contributed by atoms with E-state index in [9.17, 15) is 0 Å². The molecule has 2 heterocycles. The van der Waals surface area contributed by atoms with Crippen molar-refractivity contribution in [3.63, 3.8) is 0 Å². The highest BCUT2D eigenvalue weighted by Crippen LogP contribution is 2.22. The number of aryl methyl sites for hydroxylation is 2. The Morgan fingerprint density at radius 3 is 2.71 bits per heavy atom. The molecule has 0 radical (unpaired) electrons. The number of aromatic nitrogens is 4. The molecule has 6 heteroatoms. The van der Waals surface area contributed by atoms with Crippen molar-refractivity contribution in [3.05, 3.63) is 40.7 Å². The van der Waals surface area contributed by atoms with Gasteiger partial charge in [-0.15, -0.1) is 0 Å². The molecule has 0 atom stereocenters. The monoisotopic (exact) mass is 280 g/mol. The molecule has 0 aliphatic rings. The molecule has 0 aliphatic heterocycles. The first kappa shape index (κ1) is 13.2. The lowest BCUT2D eigenvalue weighted by Crippen LogP contribution is -2.06. The molecule has 1 aromatic carbocycles. The molecule has 2 aromatic heterocycles. The third-order valence-corrected chi connectivity index (χ3v) is 3.88. The van der Waals surface area contributed by atoms with Crippen molar-refractivity contribution in [1.29, 1.82) is 5.26 Å². The summed E-state index contributed by atoms with van der Waals surface area (Å²) < 4.78 is 3.79. The van der Waals surface area contributed by atoms with Gasteiger partial charge in [0.15, 0.2) is 0 Å². The highest BCUT2D eigenvalue weighted by Gasteiger charge is 2.14.